The Hall–Kier alpha value is 0.250. The highest BCUT2D eigenvalue weighted by Crippen LogP contribution is 2.61. The van der Waals surface area contributed by atoms with E-state index < -0.39 is 0 Å². The summed E-state index contributed by atoms with van der Waals surface area (Å²) < 4.78 is 0. The van der Waals surface area contributed by atoms with Gasteiger partial charge in [0.2, 0.25) is 0 Å². The second kappa shape index (κ2) is 3.12. The summed E-state index contributed by atoms with van der Waals surface area (Å²) in [5.41, 5.74) is 0.566. The van der Waals surface area contributed by atoms with Crippen LogP contribution in [0.1, 0.15) is 45.4 Å². The Labute approximate surface area is 91.7 Å². The van der Waals surface area contributed by atoms with Gasteiger partial charge in [0.05, 0.1) is 0 Å². The van der Waals surface area contributed by atoms with E-state index in [0.717, 1.165) is 17.8 Å². The molecule has 2 heteroatoms. The van der Waals surface area contributed by atoms with Gasteiger partial charge in [0.1, 0.15) is 0 Å². The molecule has 4 saturated carbocycles. The molecule has 0 heterocycles. The molecule has 0 aliphatic heterocycles. The Kier molecular flexibility index (Phi) is 2.11. The van der Waals surface area contributed by atoms with Crippen LogP contribution in [0.5, 0.6) is 0 Å². The second-order valence-corrected chi connectivity index (χ2v) is 6.33. The lowest BCUT2D eigenvalue weighted by Gasteiger charge is -2.58. The first-order valence-corrected chi connectivity index (χ1v) is 6.46. The zero-order valence-electron chi connectivity index (χ0n) is 8.93. The minimum absolute atomic E-state index is 0.512. The van der Waals surface area contributed by atoms with E-state index in [9.17, 15) is 0 Å². The van der Waals surface area contributed by atoms with Crippen LogP contribution in [0.25, 0.3) is 0 Å². The summed E-state index contributed by atoms with van der Waals surface area (Å²) in [4.78, 5) is 2.99. The first kappa shape index (κ1) is 9.47. The third-order valence-corrected chi connectivity index (χ3v) is 5.50. The summed E-state index contributed by atoms with van der Waals surface area (Å²) in [6.07, 6.45) is 8.90. The summed E-state index contributed by atoms with van der Waals surface area (Å²) in [5, 5.41) is 0. The summed E-state index contributed by atoms with van der Waals surface area (Å²) in [7, 11) is 0. The average molecular weight is 214 g/mol. The first-order chi connectivity index (χ1) is 6.72. The van der Waals surface area contributed by atoms with E-state index in [-0.39, 0.29) is 0 Å². The van der Waals surface area contributed by atoms with Crippen molar-refractivity contribution in [1.29, 1.82) is 0 Å². The number of nitrogens with one attached hydrogen (secondary N) is 1. The highest BCUT2D eigenvalue weighted by atomic mass is 35.5. The van der Waals surface area contributed by atoms with Crippen LogP contribution in [0.4, 0.5) is 0 Å². The van der Waals surface area contributed by atoms with Crippen LogP contribution in [-0.4, -0.2) is 6.04 Å². The fraction of sp³-hybridized carbons (Fsp3) is 1.00. The molecule has 0 saturated heterocycles. The fourth-order valence-corrected chi connectivity index (χ4v) is 5.06. The summed E-state index contributed by atoms with van der Waals surface area (Å²) in [5.74, 6) is 3.11. The lowest BCUT2D eigenvalue weighted by molar-refractivity contribution is -0.0665. The Morgan fingerprint density at radius 1 is 1.07 bits per heavy atom. The van der Waals surface area contributed by atoms with E-state index in [1.807, 2.05) is 0 Å². The normalized spacial score (nSPS) is 52.3. The third kappa shape index (κ3) is 1.25. The van der Waals surface area contributed by atoms with Crippen LogP contribution in [0.3, 0.4) is 0 Å². The van der Waals surface area contributed by atoms with Gasteiger partial charge in [-0.05, 0) is 80.4 Å². The molecule has 1 unspecified atom stereocenters. The van der Waals surface area contributed by atoms with Gasteiger partial charge in [-0.1, -0.05) is 0 Å². The van der Waals surface area contributed by atoms with Crippen molar-refractivity contribution in [3.8, 4) is 0 Å². The highest BCUT2D eigenvalue weighted by Gasteiger charge is 2.52. The summed E-state index contributed by atoms with van der Waals surface area (Å²) in [6.45, 7) is 2.28. The molecule has 80 valence electrons. The van der Waals surface area contributed by atoms with Gasteiger partial charge in [0.15, 0.2) is 0 Å². The molecule has 0 aromatic heterocycles. The molecule has 4 fully saturated rings. The molecule has 14 heavy (non-hydrogen) atoms. The SMILES string of the molecule is CC(NCl)C12CC3CC(CC(C3)C1)C2. The van der Waals surface area contributed by atoms with E-state index in [1.165, 1.54) is 38.5 Å². The molecule has 0 radical (unpaired) electrons. The zero-order valence-corrected chi connectivity index (χ0v) is 9.69. The molecule has 4 bridgehead atoms. The molecule has 1 N–H and O–H groups in total. The van der Waals surface area contributed by atoms with Gasteiger partial charge in [-0.15, -0.1) is 0 Å². The van der Waals surface area contributed by atoms with E-state index in [0.29, 0.717) is 11.5 Å². The summed E-state index contributed by atoms with van der Waals surface area (Å²) >= 11 is 5.84. The van der Waals surface area contributed by atoms with Crippen molar-refractivity contribution in [3.05, 3.63) is 0 Å². The Balaban J connectivity index is 1.87. The summed E-state index contributed by atoms with van der Waals surface area (Å²) in [6, 6.07) is 0.512. The maximum absolute atomic E-state index is 5.84. The van der Waals surface area contributed by atoms with Crippen molar-refractivity contribution in [3.63, 3.8) is 0 Å². The Bertz CT molecular complexity index is 203. The number of hydrogen-bond acceptors (Lipinski definition) is 1. The van der Waals surface area contributed by atoms with E-state index >= 15 is 0 Å². The van der Waals surface area contributed by atoms with Crippen LogP contribution < -0.4 is 4.84 Å². The van der Waals surface area contributed by atoms with Crippen LogP contribution in [0.2, 0.25) is 0 Å². The van der Waals surface area contributed by atoms with E-state index in [4.69, 9.17) is 11.8 Å². The van der Waals surface area contributed by atoms with Crippen molar-refractivity contribution in [1.82, 2.24) is 4.84 Å². The Morgan fingerprint density at radius 2 is 1.50 bits per heavy atom. The highest BCUT2D eigenvalue weighted by molar-refractivity contribution is 6.13. The van der Waals surface area contributed by atoms with Crippen molar-refractivity contribution in [2.24, 2.45) is 23.2 Å². The van der Waals surface area contributed by atoms with Gasteiger partial charge in [-0.2, -0.15) is 0 Å². The molecule has 4 aliphatic carbocycles. The molecular weight excluding hydrogens is 194 g/mol. The molecule has 1 atom stereocenters. The molecule has 0 spiro atoms. The fourth-order valence-electron chi connectivity index (χ4n) is 4.82. The van der Waals surface area contributed by atoms with Crippen molar-refractivity contribution in [2.45, 2.75) is 51.5 Å². The topological polar surface area (TPSA) is 12.0 Å². The van der Waals surface area contributed by atoms with Crippen LogP contribution in [-0.2, 0) is 0 Å². The van der Waals surface area contributed by atoms with Gasteiger partial charge >= 0.3 is 0 Å². The Morgan fingerprint density at radius 3 is 1.86 bits per heavy atom. The second-order valence-electron chi connectivity index (χ2n) is 6.11. The minimum atomic E-state index is 0.512. The smallest absolute Gasteiger partial charge is 0.0249 e. The number of hydrogen-bond donors (Lipinski definition) is 1. The van der Waals surface area contributed by atoms with Crippen molar-refractivity contribution in [2.75, 3.05) is 0 Å². The van der Waals surface area contributed by atoms with Gasteiger partial charge in [0.25, 0.3) is 0 Å². The number of halogens is 1. The van der Waals surface area contributed by atoms with Crippen molar-refractivity contribution >= 4 is 11.8 Å². The largest absolute Gasteiger partial charge is 0.230 e. The lowest BCUT2D eigenvalue weighted by atomic mass is 9.48. The minimum Gasteiger partial charge on any atom is -0.230 e. The maximum Gasteiger partial charge on any atom is 0.0249 e. The van der Waals surface area contributed by atoms with E-state index in [2.05, 4.69) is 11.8 Å². The van der Waals surface area contributed by atoms with Gasteiger partial charge in [-0.3, -0.25) is 0 Å². The predicted molar refractivity (Wildman–Crippen MR) is 59.1 cm³/mol. The third-order valence-electron chi connectivity index (χ3n) is 5.17. The number of rotatable bonds is 2. The molecule has 0 aromatic carbocycles. The quantitative estimate of drug-likeness (QED) is 0.694. The van der Waals surface area contributed by atoms with Gasteiger partial charge in [0, 0.05) is 6.04 Å². The first-order valence-electron chi connectivity index (χ1n) is 6.08. The van der Waals surface area contributed by atoms with Crippen LogP contribution in [0, 0.1) is 23.2 Å². The molecule has 1 nitrogen and oxygen atoms in total. The zero-order chi connectivity index (χ0) is 9.76. The van der Waals surface area contributed by atoms with Gasteiger partial charge in [-0.25, -0.2) is 4.84 Å². The standard InChI is InChI=1S/C12H20ClN/c1-8(14-13)12-5-9-2-10(6-12)4-11(3-9)7-12/h8-11,14H,2-7H2,1H3. The molecule has 0 amide bonds. The maximum atomic E-state index is 5.84. The lowest BCUT2D eigenvalue weighted by Crippen LogP contribution is -2.53. The molecular formula is C12H20ClN. The van der Waals surface area contributed by atoms with Crippen molar-refractivity contribution < 1.29 is 0 Å². The van der Waals surface area contributed by atoms with Crippen LogP contribution in [0.15, 0.2) is 0 Å². The molecule has 0 aromatic rings. The van der Waals surface area contributed by atoms with Gasteiger partial charge < -0.3 is 0 Å². The average Bonchev–Trinajstić information content (AvgIpc) is 2.14. The molecule has 4 rings (SSSR count). The monoisotopic (exact) mass is 213 g/mol. The van der Waals surface area contributed by atoms with Crippen LogP contribution >= 0.6 is 11.8 Å². The predicted octanol–water partition coefficient (Wildman–Crippen LogP) is 3.33. The molecule has 4 aliphatic rings. The van der Waals surface area contributed by atoms with E-state index in [1.54, 1.807) is 0 Å².